The molecule has 0 aliphatic carbocycles. The number of hydrogen-bond donors (Lipinski definition) is 2. The number of benzene rings is 1. The zero-order valence-corrected chi connectivity index (χ0v) is 17.7. The normalized spacial score (nSPS) is 17.1. The van der Waals surface area contributed by atoms with E-state index >= 15 is 0 Å². The summed E-state index contributed by atoms with van der Waals surface area (Å²) >= 11 is 0. The molecular formula is C22H37N3O3. The zero-order chi connectivity index (χ0) is 20.0. The molecule has 0 bridgehead atoms. The maximum atomic E-state index is 5.72. The molecule has 0 radical (unpaired) electrons. The highest BCUT2D eigenvalue weighted by Gasteiger charge is 2.14. The highest BCUT2D eigenvalue weighted by Crippen LogP contribution is 2.13. The van der Waals surface area contributed by atoms with Crippen LogP contribution in [0.15, 0.2) is 29.3 Å². The predicted molar refractivity (Wildman–Crippen MR) is 114 cm³/mol. The van der Waals surface area contributed by atoms with Crippen LogP contribution >= 0.6 is 0 Å². The average Bonchev–Trinajstić information content (AvgIpc) is 3.22. The fourth-order valence-electron chi connectivity index (χ4n) is 2.93. The van der Waals surface area contributed by atoms with Gasteiger partial charge in [-0.2, -0.15) is 0 Å². The highest BCUT2D eigenvalue weighted by molar-refractivity contribution is 5.79. The van der Waals surface area contributed by atoms with E-state index in [2.05, 4.69) is 41.6 Å². The largest absolute Gasteiger partial charge is 0.493 e. The van der Waals surface area contributed by atoms with Crippen molar-refractivity contribution in [1.82, 2.24) is 10.6 Å². The molecule has 2 N–H and O–H groups in total. The van der Waals surface area contributed by atoms with Gasteiger partial charge in [0.05, 0.1) is 19.3 Å². The lowest BCUT2D eigenvalue weighted by Crippen LogP contribution is -2.39. The Balaban J connectivity index is 1.52. The van der Waals surface area contributed by atoms with Gasteiger partial charge in [-0.3, -0.25) is 4.99 Å². The van der Waals surface area contributed by atoms with E-state index in [9.17, 15) is 0 Å². The lowest BCUT2D eigenvalue weighted by atomic mass is 10.1. The first kappa shape index (κ1) is 22.5. The van der Waals surface area contributed by atoms with Crippen LogP contribution < -0.4 is 15.4 Å². The number of hydrogen-bond acceptors (Lipinski definition) is 4. The van der Waals surface area contributed by atoms with E-state index in [-0.39, 0.29) is 0 Å². The molecule has 1 aromatic rings. The molecule has 0 aromatic heterocycles. The molecule has 0 spiro atoms. The van der Waals surface area contributed by atoms with E-state index in [1.165, 1.54) is 5.56 Å². The van der Waals surface area contributed by atoms with Crippen LogP contribution in [0.3, 0.4) is 0 Å². The van der Waals surface area contributed by atoms with E-state index in [0.29, 0.717) is 18.6 Å². The van der Waals surface area contributed by atoms with Gasteiger partial charge in [-0.05, 0) is 49.3 Å². The Morgan fingerprint density at radius 3 is 2.68 bits per heavy atom. The summed E-state index contributed by atoms with van der Waals surface area (Å²) in [6, 6.07) is 8.33. The molecule has 158 valence electrons. The third kappa shape index (κ3) is 9.42. The monoisotopic (exact) mass is 391 g/mol. The predicted octanol–water partition coefficient (Wildman–Crippen LogP) is 3.01. The molecular weight excluding hydrogens is 354 g/mol. The van der Waals surface area contributed by atoms with Gasteiger partial charge in [-0.15, -0.1) is 0 Å². The van der Waals surface area contributed by atoms with Gasteiger partial charge in [0.2, 0.25) is 0 Å². The Labute approximate surface area is 170 Å². The summed E-state index contributed by atoms with van der Waals surface area (Å²) in [6.45, 7) is 9.08. The minimum Gasteiger partial charge on any atom is -0.493 e. The van der Waals surface area contributed by atoms with Crippen molar-refractivity contribution in [3.05, 3.63) is 29.8 Å². The second-order valence-corrected chi connectivity index (χ2v) is 7.59. The van der Waals surface area contributed by atoms with Crippen LogP contribution in [0, 0.1) is 5.92 Å². The molecule has 1 atom stereocenters. The average molecular weight is 392 g/mol. The lowest BCUT2D eigenvalue weighted by molar-refractivity contribution is 0.0168. The number of nitrogens with zero attached hydrogens (tertiary/aromatic N) is 1. The molecule has 1 heterocycles. The van der Waals surface area contributed by atoms with Gasteiger partial charge in [-0.1, -0.05) is 26.0 Å². The second-order valence-electron chi connectivity index (χ2n) is 7.59. The summed E-state index contributed by atoms with van der Waals surface area (Å²) in [5.74, 6) is 2.30. The standard InChI is InChI=1S/C22H37N3O3/c1-18(2)16-28-20-9-7-19(8-10-20)11-13-25-22(23-3)24-12-5-14-26-17-21-6-4-15-27-21/h7-10,18,21H,4-6,11-17H2,1-3H3,(H2,23,24,25). The fraction of sp³-hybridized carbons (Fsp3) is 0.682. The summed E-state index contributed by atoms with van der Waals surface area (Å²) < 4.78 is 16.9. The molecule has 28 heavy (non-hydrogen) atoms. The molecule has 0 saturated carbocycles. The number of guanidine groups is 1. The van der Waals surface area contributed by atoms with Gasteiger partial charge in [-0.25, -0.2) is 0 Å². The molecule has 6 heteroatoms. The molecule has 0 amide bonds. The Morgan fingerprint density at radius 2 is 2.00 bits per heavy atom. The first-order valence-corrected chi connectivity index (χ1v) is 10.5. The molecule has 2 rings (SSSR count). The van der Waals surface area contributed by atoms with Crippen molar-refractivity contribution in [2.75, 3.05) is 46.6 Å². The van der Waals surface area contributed by atoms with Gasteiger partial charge < -0.3 is 24.8 Å². The van der Waals surface area contributed by atoms with Gasteiger partial charge in [0.25, 0.3) is 0 Å². The van der Waals surface area contributed by atoms with Crippen LogP contribution in [-0.2, 0) is 15.9 Å². The molecule has 1 aliphatic heterocycles. The van der Waals surface area contributed by atoms with E-state index in [4.69, 9.17) is 14.2 Å². The van der Waals surface area contributed by atoms with Crippen molar-refractivity contribution in [3.63, 3.8) is 0 Å². The Morgan fingerprint density at radius 1 is 1.21 bits per heavy atom. The minimum absolute atomic E-state index is 0.304. The van der Waals surface area contributed by atoms with Crippen molar-refractivity contribution in [3.8, 4) is 5.75 Å². The maximum absolute atomic E-state index is 5.72. The molecule has 1 aromatic carbocycles. The second kappa shape index (κ2) is 13.4. The van der Waals surface area contributed by atoms with Crippen molar-refractivity contribution in [2.24, 2.45) is 10.9 Å². The molecule has 1 fully saturated rings. The maximum Gasteiger partial charge on any atom is 0.190 e. The van der Waals surface area contributed by atoms with Crippen LogP contribution in [0.25, 0.3) is 0 Å². The smallest absolute Gasteiger partial charge is 0.190 e. The van der Waals surface area contributed by atoms with E-state index in [1.54, 1.807) is 7.05 Å². The van der Waals surface area contributed by atoms with Gasteiger partial charge in [0.15, 0.2) is 5.96 Å². The van der Waals surface area contributed by atoms with Crippen LogP contribution in [-0.4, -0.2) is 58.6 Å². The lowest BCUT2D eigenvalue weighted by Gasteiger charge is -2.13. The summed E-state index contributed by atoms with van der Waals surface area (Å²) in [5, 5.41) is 6.68. The Hall–Kier alpha value is -1.79. The van der Waals surface area contributed by atoms with E-state index < -0.39 is 0 Å². The van der Waals surface area contributed by atoms with Crippen LogP contribution in [0.5, 0.6) is 5.75 Å². The summed E-state index contributed by atoms with van der Waals surface area (Å²) in [6.07, 6.45) is 4.48. The van der Waals surface area contributed by atoms with Gasteiger partial charge >= 0.3 is 0 Å². The first-order valence-electron chi connectivity index (χ1n) is 10.5. The molecule has 1 aliphatic rings. The van der Waals surface area contributed by atoms with Crippen LogP contribution in [0.1, 0.15) is 38.7 Å². The Bertz CT molecular complexity index is 555. The summed E-state index contributed by atoms with van der Waals surface area (Å²) in [5.41, 5.74) is 1.28. The number of nitrogens with one attached hydrogen (secondary N) is 2. The van der Waals surface area contributed by atoms with Crippen LogP contribution in [0.4, 0.5) is 0 Å². The molecule has 1 saturated heterocycles. The quantitative estimate of drug-likeness (QED) is 0.326. The van der Waals surface area contributed by atoms with Crippen molar-refractivity contribution in [2.45, 2.75) is 45.6 Å². The number of rotatable bonds is 12. The van der Waals surface area contributed by atoms with Gasteiger partial charge in [0, 0.05) is 33.4 Å². The number of ether oxygens (including phenoxy) is 3. The van der Waals surface area contributed by atoms with Gasteiger partial charge in [0.1, 0.15) is 5.75 Å². The molecule has 1 unspecified atom stereocenters. The summed E-state index contributed by atoms with van der Waals surface area (Å²) in [4.78, 5) is 4.27. The van der Waals surface area contributed by atoms with Crippen molar-refractivity contribution < 1.29 is 14.2 Å². The third-order valence-electron chi connectivity index (χ3n) is 4.52. The third-order valence-corrected chi connectivity index (χ3v) is 4.52. The Kier molecular flexibility index (Phi) is 10.8. The highest BCUT2D eigenvalue weighted by atomic mass is 16.5. The topological polar surface area (TPSA) is 64.1 Å². The van der Waals surface area contributed by atoms with Crippen LogP contribution in [0.2, 0.25) is 0 Å². The number of aliphatic imine (C=N–C) groups is 1. The zero-order valence-electron chi connectivity index (χ0n) is 17.7. The fourth-order valence-corrected chi connectivity index (χ4v) is 2.93. The van der Waals surface area contributed by atoms with E-state index in [1.807, 2.05) is 12.1 Å². The minimum atomic E-state index is 0.304. The molecule has 6 nitrogen and oxygen atoms in total. The van der Waals surface area contributed by atoms with Crippen molar-refractivity contribution >= 4 is 5.96 Å². The van der Waals surface area contributed by atoms with Crippen molar-refractivity contribution in [1.29, 1.82) is 0 Å². The SMILES string of the molecule is CN=C(NCCCOCC1CCCO1)NCCc1ccc(OCC(C)C)cc1. The summed E-state index contributed by atoms with van der Waals surface area (Å²) in [7, 11) is 1.80. The van der Waals surface area contributed by atoms with E-state index in [0.717, 1.165) is 70.3 Å². The first-order chi connectivity index (χ1) is 13.7.